The van der Waals surface area contributed by atoms with Crippen LogP contribution in [0.1, 0.15) is 24.0 Å². The first-order valence-electron chi connectivity index (χ1n) is 10.2. The van der Waals surface area contributed by atoms with Crippen molar-refractivity contribution in [2.75, 3.05) is 11.9 Å². The number of carboxylic acid groups (broad SMARTS) is 1. The number of aliphatic carboxylic acids is 1. The molecule has 1 amide bonds. The Morgan fingerprint density at radius 2 is 1.58 bits per heavy atom. The standard InChI is InChI=1S/C23H24N2O5S/c26-22(20-7-3-4-8-21(20)23(27)28)24-18-9-11-19(12-10-18)31(29,30)25-14-13-16-5-1-2-6-17(16)15-25/h1-6,9-12,20-21H,7-8,13-15H2,(H,24,26)(H,27,28)/t20-,21+/m0/s1. The molecule has 2 aromatic rings. The Morgan fingerprint density at radius 1 is 0.935 bits per heavy atom. The van der Waals surface area contributed by atoms with E-state index in [-0.39, 0.29) is 10.8 Å². The second-order valence-electron chi connectivity index (χ2n) is 7.86. The summed E-state index contributed by atoms with van der Waals surface area (Å²) in [7, 11) is -3.66. The van der Waals surface area contributed by atoms with Gasteiger partial charge in [-0.15, -0.1) is 0 Å². The maximum Gasteiger partial charge on any atom is 0.307 e. The largest absolute Gasteiger partial charge is 0.481 e. The molecule has 0 aromatic heterocycles. The summed E-state index contributed by atoms with van der Waals surface area (Å²) in [5.74, 6) is -2.78. The second-order valence-corrected chi connectivity index (χ2v) is 9.80. The predicted molar refractivity (Wildman–Crippen MR) is 116 cm³/mol. The molecule has 162 valence electrons. The number of carboxylic acids is 1. The van der Waals surface area contributed by atoms with Crippen LogP contribution in [0.25, 0.3) is 0 Å². The van der Waals surface area contributed by atoms with Crippen LogP contribution in [-0.4, -0.2) is 36.3 Å². The summed E-state index contributed by atoms with van der Waals surface area (Å²) in [5.41, 5.74) is 2.62. The van der Waals surface area contributed by atoms with Crippen molar-refractivity contribution < 1.29 is 23.1 Å². The lowest BCUT2D eigenvalue weighted by Gasteiger charge is -2.28. The summed E-state index contributed by atoms with van der Waals surface area (Å²) in [4.78, 5) is 24.2. The van der Waals surface area contributed by atoms with Gasteiger partial charge < -0.3 is 10.4 Å². The molecule has 1 heterocycles. The van der Waals surface area contributed by atoms with E-state index in [0.717, 1.165) is 5.56 Å². The van der Waals surface area contributed by atoms with E-state index >= 15 is 0 Å². The fraction of sp³-hybridized carbons (Fsp3) is 0.304. The lowest BCUT2D eigenvalue weighted by atomic mass is 9.82. The van der Waals surface area contributed by atoms with Crippen molar-refractivity contribution in [1.29, 1.82) is 0 Å². The van der Waals surface area contributed by atoms with Crippen LogP contribution in [0, 0.1) is 11.8 Å². The topological polar surface area (TPSA) is 104 Å². The number of allylic oxidation sites excluding steroid dienone is 2. The van der Waals surface area contributed by atoms with Gasteiger partial charge in [-0.05, 0) is 54.7 Å². The number of carbonyl (C=O) groups excluding carboxylic acids is 1. The van der Waals surface area contributed by atoms with E-state index in [1.54, 1.807) is 6.08 Å². The summed E-state index contributed by atoms with van der Waals surface area (Å²) < 4.78 is 27.6. The molecule has 4 rings (SSSR count). The number of nitrogens with zero attached hydrogens (tertiary/aromatic N) is 1. The molecule has 1 aliphatic carbocycles. The minimum absolute atomic E-state index is 0.161. The van der Waals surface area contributed by atoms with E-state index in [0.29, 0.717) is 38.0 Å². The molecule has 7 nitrogen and oxygen atoms in total. The molecule has 2 N–H and O–H groups in total. The van der Waals surface area contributed by atoms with Gasteiger partial charge in [0.25, 0.3) is 0 Å². The monoisotopic (exact) mass is 440 g/mol. The molecule has 2 aliphatic rings. The van der Waals surface area contributed by atoms with Crippen LogP contribution in [-0.2, 0) is 32.6 Å². The highest BCUT2D eigenvalue weighted by Gasteiger charge is 2.34. The van der Waals surface area contributed by atoms with Crippen LogP contribution >= 0.6 is 0 Å². The highest BCUT2D eigenvalue weighted by atomic mass is 32.2. The molecule has 0 spiro atoms. The highest BCUT2D eigenvalue weighted by Crippen LogP contribution is 2.28. The number of anilines is 1. The zero-order valence-electron chi connectivity index (χ0n) is 16.9. The Labute approximate surface area is 181 Å². The third-order valence-corrected chi connectivity index (χ3v) is 7.80. The zero-order valence-corrected chi connectivity index (χ0v) is 17.7. The molecule has 8 heteroatoms. The summed E-state index contributed by atoms with van der Waals surface area (Å²) in [6.45, 7) is 0.756. The number of amides is 1. The molecule has 2 atom stereocenters. The zero-order chi connectivity index (χ0) is 22.0. The molecule has 1 aliphatic heterocycles. The number of benzene rings is 2. The van der Waals surface area contributed by atoms with Crippen molar-refractivity contribution in [3.8, 4) is 0 Å². The summed E-state index contributed by atoms with van der Waals surface area (Å²) in [6.07, 6.45) is 4.96. The molecule has 31 heavy (non-hydrogen) atoms. The number of hydrogen-bond donors (Lipinski definition) is 2. The smallest absolute Gasteiger partial charge is 0.307 e. The number of carbonyl (C=O) groups is 2. The van der Waals surface area contributed by atoms with Crippen molar-refractivity contribution in [2.45, 2.75) is 30.7 Å². The van der Waals surface area contributed by atoms with E-state index in [2.05, 4.69) is 5.32 Å². The number of nitrogens with one attached hydrogen (secondary N) is 1. The van der Waals surface area contributed by atoms with E-state index in [1.165, 1.54) is 34.1 Å². The van der Waals surface area contributed by atoms with Gasteiger partial charge in [0.15, 0.2) is 0 Å². The Kier molecular flexibility index (Phi) is 5.93. The van der Waals surface area contributed by atoms with Crippen molar-refractivity contribution in [2.24, 2.45) is 11.8 Å². The Balaban J connectivity index is 1.46. The van der Waals surface area contributed by atoms with Gasteiger partial charge in [0.05, 0.1) is 16.7 Å². The number of rotatable bonds is 5. The summed E-state index contributed by atoms with van der Waals surface area (Å²) in [6, 6.07) is 13.9. The lowest BCUT2D eigenvalue weighted by Crippen LogP contribution is -2.36. The van der Waals surface area contributed by atoms with Gasteiger partial charge in [-0.3, -0.25) is 9.59 Å². The third-order valence-electron chi connectivity index (χ3n) is 5.94. The molecule has 0 unspecified atom stereocenters. The van der Waals surface area contributed by atoms with Gasteiger partial charge >= 0.3 is 5.97 Å². The van der Waals surface area contributed by atoms with Gasteiger partial charge in [-0.2, -0.15) is 4.31 Å². The predicted octanol–water partition coefficient (Wildman–Crippen LogP) is 3.04. The maximum absolute atomic E-state index is 13.1. The van der Waals surface area contributed by atoms with E-state index < -0.39 is 27.8 Å². The molecular weight excluding hydrogens is 416 g/mol. The van der Waals surface area contributed by atoms with Crippen molar-refractivity contribution in [3.63, 3.8) is 0 Å². The van der Waals surface area contributed by atoms with E-state index in [1.807, 2.05) is 30.3 Å². The molecule has 2 aromatic carbocycles. The summed E-state index contributed by atoms with van der Waals surface area (Å²) in [5, 5.41) is 12.1. The van der Waals surface area contributed by atoms with Crippen molar-refractivity contribution in [3.05, 3.63) is 71.8 Å². The van der Waals surface area contributed by atoms with Crippen LogP contribution in [0.4, 0.5) is 5.69 Å². The van der Waals surface area contributed by atoms with E-state index in [9.17, 15) is 23.1 Å². The first-order valence-corrected chi connectivity index (χ1v) is 11.7. The Hall–Kier alpha value is -2.97. The number of sulfonamides is 1. The minimum Gasteiger partial charge on any atom is -0.481 e. The van der Waals surface area contributed by atoms with Gasteiger partial charge in [0.1, 0.15) is 0 Å². The number of hydrogen-bond acceptors (Lipinski definition) is 4. The Morgan fingerprint density at radius 3 is 2.26 bits per heavy atom. The van der Waals surface area contributed by atoms with Gasteiger partial charge in [-0.1, -0.05) is 36.4 Å². The third kappa shape index (κ3) is 4.40. The van der Waals surface area contributed by atoms with Gasteiger partial charge in [-0.25, -0.2) is 8.42 Å². The normalized spacial score (nSPS) is 21.3. The van der Waals surface area contributed by atoms with Crippen LogP contribution in [0.15, 0.2) is 65.6 Å². The molecule has 0 fully saturated rings. The fourth-order valence-corrected chi connectivity index (χ4v) is 5.57. The first kappa shape index (κ1) is 21.3. The van der Waals surface area contributed by atoms with Gasteiger partial charge in [0.2, 0.25) is 15.9 Å². The van der Waals surface area contributed by atoms with Crippen LogP contribution < -0.4 is 5.32 Å². The SMILES string of the molecule is O=C(Nc1ccc(S(=O)(=O)N2CCc3ccccc3C2)cc1)[C@H]1CC=CC[C@H]1C(=O)O. The second kappa shape index (κ2) is 8.64. The quantitative estimate of drug-likeness (QED) is 0.696. The summed E-state index contributed by atoms with van der Waals surface area (Å²) >= 11 is 0. The van der Waals surface area contributed by atoms with Crippen molar-refractivity contribution in [1.82, 2.24) is 4.31 Å². The Bertz CT molecular complexity index is 1120. The van der Waals surface area contributed by atoms with Crippen LogP contribution in [0.2, 0.25) is 0 Å². The van der Waals surface area contributed by atoms with Crippen LogP contribution in [0.3, 0.4) is 0 Å². The molecule has 0 saturated heterocycles. The number of fused-ring (bicyclic) bond motifs is 1. The first-order chi connectivity index (χ1) is 14.9. The molecule has 0 saturated carbocycles. The minimum atomic E-state index is -3.66. The van der Waals surface area contributed by atoms with Crippen LogP contribution in [0.5, 0.6) is 0 Å². The fourth-order valence-electron chi connectivity index (χ4n) is 4.15. The molecule has 0 radical (unpaired) electrons. The maximum atomic E-state index is 13.1. The molecule has 0 bridgehead atoms. The molecular formula is C23H24N2O5S. The average molecular weight is 441 g/mol. The van der Waals surface area contributed by atoms with Crippen molar-refractivity contribution >= 4 is 27.6 Å². The van der Waals surface area contributed by atoms with Gasteiger partial charge in [0, 0.05) is 18.8 Å². The average Bonchev–Trinajstić information content (AvgIpc) is 2.79. The van der Waals surface area contributed by atoms with E-state index in [4.69, 9.17) is 0 Å². The lowest BCUT2D eigenvalue weighted by molar-refractivity contribution is -0.146. The highest BCUT2D eigenvalue weighted by molar-refractivity contribution is 7.89.